The van der Waals surface area contributed by atoms with Gasteiger partial charge in [-0.3, -0.25) is 4.79 Å². The van der Waals surface area contributed by atoms with E-state index in [2.05, 4.69) is 5.32 Å². The van der Waals surface area contributed by atoms with Gasteiger partial charge in [-0.1, -0.05) is 6.42 Å². The monoisotopic (exact) mass is 259 g/mol. The van der Waals surface area contributed by atoms with E-state index in [1.807, 2.05) is 6.07 Å². The Bertz CT molecular complexity index is 598. The molecule has 4 heteroatoms. The lowest BCUT2D eigenvalue weighted by molar-refractivity contribution is 0.0939. The van der Waals surface area contributed by atoms with E-state index < -0.39 is 0 Å². The molecule has 100 valence electrons. The highest BCUT2D eigenvalue weighted by Gasteiger charge is 2.19. The minimum absolute atomic E-state index is 0.0662. The Morgan fingerprint density at radius 3 is 3.00 bits per heavy atom. The van der Waals surface area contributed by atoms with Crippen LogP contribution in [0.3, 0.4) is 0 Å². The molecule has 0 spiro atoms. The lowest BCUT2D eigenvalue weighted by Gasteiger charge is -2.25. The fourth-order valence-electron chi connectivity index (χ4n) is 2.37. The predicted molar refractivity (Wildman–Crippen MR) is 72.4 cm³/mol. The molecule has 0 unspecified atom stereocenters. The number of hydrogen-bond acceptors (Lipinski definition) is 3. The van der Waals surface area contributed by atoms with Crippen LogP contribution in [0.25, 0.3) is 11.0 Å². The second-order valence-electron chi connectivity index (χ2n) is 5.02. The quantitative estimate of drug-likeness (QED) is 0.918. The Balaban J connectivity index is 1.80. The first-order chi connectivity index (χ1) is 9.28. The van der Waals surface area contributed by atoms with Crippen LogP contribution in [0.5, 0.6) is 5.75 Å². The molecule has 1 fully saturated rings. The molecule has 3 rings (SSSR count). The van der Waals surface area contributed by atoms with Gasteiger partial charge in [0.2, 0.25) is 0 Å². The van der Waals surface area contributed by atoms with Crippen LogP contribution in [0.15, 0.2) is 28.9 Å². The molecule has 1 heterocycles. The smallest absolute Gasteiger partial charge is 0.251 e. The molecule has 0 bridgehead atoms. The van der Waals surface area contributed by atoms with Crippen LogP contribution < -0.4 is 10.1 Å². The Labute approximate surface area is 111 Å². The molecular weight excluding hydrogens is 242 g/mol. The van der Waals surface area contributed by atoms with Crippen molar-refractivity contribution in [1.29, 1.82) is 0 Å². The van der Waals surface area contributed by atoms with E-state index in [-0.39, 0.29) is 5.91 Å². The van der Waals surface area contributed by atoms with Gasteiger partial charge in [-0.2, -0.15) is 0 Å². The van der Waals surface area contributed by atoms with Crippen molar-refractivity contribution in [3.8, 4) is 5.75 Å². The first-order valence-electron chi connectivity index (χ1n) is 6.61. The molecule has 19 heavy (non-hydrogen) atoms. The average Bonchev–Trinajstić information content (AvgIpc) is 2.83. The maximum atomic E-state index is 12.1. The minimum Gasteiger partial charge on any atom is -0.496 e. The van der Waals surface area contributed by atoms with Gasteiger partial charge in [0.15, 0.2) is 0 Å². The number of fused-ring (bicyclic) bond motifs is 1. The van der Waals surface area contributed by atoms with Gasteiger partial charge in [0.05, 0.1) is 18.8 Å². The Morgan fingerprint density at radius 2 is 2.32 bits per heavy atom. The zero-order valence-corrected chi connectivity index (χ0v) is 10.9. The van der Waals surface area contributed by atoms with Gasteiger partial charge in [-0.05, 0) is 37.0 Å². The summed E-state index contributed by atoms with van der Waals surface area (Å²) in [6.45, 7) is 0.761. The number of rotatable bonds is 4. The van der Waals surface area contributed by atoms with E-state index in [4.69, 9.17) is 9.15 Å². The average molecular weight is 259 g/mol. The van der Waals surface area contributed by atoms with Crippen molar-refractivity contribution in [2.45, 2.75) is 19.3 Å². The summed E-state index contributed by atoms with van der Waals surface area (Å²) in [5.74, 6) is 1.25. The zero-order chi connectivity index (χ0) is 13.2. The largest absolute Gasteiger partial charge is 0.496 e. The van der Waals surface area contributed by atoms with Crippen LogP contribution in [0.1, 0.15) is 29.6 Å². The van der Waals surface area contributed by atoms with Gasteiger partial charge in [-0.15, -0.1) is 0 Å². The Kier molecular flexibility index (Phi) is 3.15. The van der Waals surface area contributed by atoms with Crippen molar-refractivity contribution < 1.29 is 13.9 Å². The van der Waals surface area contributed by atoms with Crippen LogP contribution in [0, 0.1) is 5.92 Å². The highest BCUT2D eigenvalue weighted by atomic mass is 16.5. The van der Waals surface area contributed by atoms with Gasteiger partial charge in [0, 0.05) is 12.1 Å². The fourth-order valence-corrected chi connectivity index (χ4v) is 2.37. The van der Waals surface area contributed by atoms with Gasteiger partial charge < -0.3 is 14.5 Å². The number of hydrogen-bond donors (Lipinski definition) is 1. The van der Waals surface area contributed by atoms with Gasteiger partial charge in [-0.25, -0.2) is 0 Å². The first-order valence-corrected chi connectivity index (χ1v) is 6.61. The molecule has 1 aromatic heterocycles. The number of ether oxygens (including phenoxy) is 1. The predicted octanol–water partition coefficient (Wildman–Crippen LogP) is 2.97. The molecule has 1 aliphatic rings. The van der Waals surface area contributed by atoms with E-state index in [9.17, 15) is 4.79 Å². The lowest BCUT2D eigenvalue weighted by atomic mass is 9.85. The molecule has 4 nitrogen and oxygen atoms in total. The van der Waals surface area contributed by atoms with Gasteiger partial charge in [0.1, 0.15) is 11.3 Å². The van der Waals surface area contributed by atoms with Crippen molar-refractivity contribution in [3.05, 3.63) is 30.0 Å². The third-order valence-electron chi connectivity index (χ3n) is 3.79. The van der Waals surface area contributed by atoms with Gasteiger partial charge in [0.25, 0.3) is 5.91 Å². The summed E-state index contributed by atoms with van der Waals surface area (Å²) in [5, 5.41) is 3.86. The van der Waals surface area contributed by atoms with Crippen LogP contribution in [0.4, 0.5) is 0 Å². The number of furan rings is 1. The number of amides is 1. The first kappa shape index (κ1) is 12.1. The summed E-state index contributed by atoms with van der Waals surface area (Å²) in [5.41, 5.74) is 1.26. The summed E-state index contributed by atoms with van der Waals surface area (Å²) in [6.07, 6.45) is 5.33. The molecule has 2 aromatic rings. The van der Waals surface area contributed by atoms with Crippen molar-refractivity contribution in [2.75, 3.05) is 13.7 Å². The Morgan fingerprint density at radius 1 is 1.47 bits per heavy atom. The number of nitrogens with one attached hydrogen (secondary N) is 1. The summed E-state index contributed by atoms with van der Waals surface area (Å²) in [4.78, 5) is 12.1. The third kappa shape index (κ3) is 2.30. The summed E-state index contributed by atoms with van der Waals surface area (Å²) < 4.78 is 10.6. The molecule has 1 aromatic carbocycles. The van der Waals surface area contributed by atoms with Crippen molar-refractivity contribution in [2.24, 2.45) is 5.92 Å². The topological polar surface area (TPSA) is 51.5 Å². The van der Waals surface area contributed by atoms with Crippen LogP contribution in [-0.2, 0) is 0 Å². The highest BCUT2D eigenvalue weighted by Crippen LogP contribution is 2.29. The molecule has 1 amide bonds. The van der Waals surface area contributed by atoms with E-state index in [1.54, 1.807) is 25.5 Å². The lowest BCUT2D eigenvalue weighted by Crippen LogP contribution is -2.32. The molecule has 1 N–H and O–H groups in total. The standard InChI is InChI=1S/C15H17NO3/c1-18-13-7-11(8-14-12(13)5-6-19-14)15(17)16-9-10-3-2-4-10/h5-8,10H,2-4,9H2,1H3,(H,16,17). The molecule has 0 radical (unpaired) electrons. The van der Waals surface area contributed by atoms with E-state index in [1.165, 1.54) is 19.3 Å². The maximum absolute atomic E-state index is 12.1. The van der Waals surface area contributed by atoms with Crippen LogP contribution >= 0.6 is 0 Å². The molecule has 1 aliphatic carbocycles. The number of methoxy groups -OCH3 is 1. The number of carbonyl (C=O) groups excluding carboxylic acids is 1. The summed E-state index contributed by atoms with van der Waals surface area (Å²) in [7, 11) is 1.60. The SMILES string of the molecule is COc1cc(C(=O)NCC2CCC2)cc2occc12. The van der Waals surface area contributed by atoms with Crippen molar-refractivity contribution in [3.63, 3.8) is 0 Å². The second kappa shape index (κ2) is 4.96. The second-order valence-corrected chi connectivity index (χ2v) is 5.02. The van der Waals surface area contributed by atoms with Gasteiger partial charge >= 0.3 is 0 Å². The molecular formula is C15H17NO3. The van der Waals surface area contributed by atoms with E-state index in [0.29, 0.717) is 22.8 Å². The normalized spacial score (nSPS) is 15.2. The summed E-state index contributed by atoms with van der Waals surface area (Å²) >= 11 is 0. The Hall–Kier alpha value is -1.97. The van der Waals surface area contributed by atoms with E-state index >= 15 is 0 Å². The minimum atomic E-state index is -0.0662. The van der Waals surface area contributed by atoms with Crippen molar-refractivity contribution >= 4 is 16.9 Å². The maximum Gasteiger partial charge on any atom is 0.251 e. The number of benzene rings is 1. The third-order valence-corrected chi connectivity index (χ3v) is 3.79. The number of carbonyl (C=O) groups is 1. The molecule has 0 saturated heterocycles. The highest BCUT2D eigenvalue weighted by molar-refractivity contribution is 5.99. The molecule has 0 atom stereocenters. The van der Waals surface area contributed by atoms with Crippen molar-refractivity contribution in [1.82, 2.24) is 5.32 Å². The van der Waals surface area contributed by atoms with Crippen LogP contribution in [0.2, 0.25) is 0 Å². The van der Waals surface area contributed by atoms with Crippen LogP contribution in [-0.4, -0.2) is 19.6 Å². The molecule has 1 saturated carbocycles. The zero-order valence-electron chi connectivity index (χ0n) is 10.9. The summed E-state index contributed by atoms with van der Waals surface area (Å²) in [6, 6.07) is 5.35. The molecule has 0 aliphatic heterocycles. The van der Waals surface area contributed by atoms with E-state index in [0.717, 1.165) is 11.9 Å². The fraction of sp³-hybridized carbons (Fsp3) is 0.400.